The first-order valence-electron chi connectivity index (χ1n) is 6.04. The van der Waals surface area contributed by atoms with E-state index in [9.17, 15) is 9.59 Å². The van der Waals surface area contributed by atoms with E-state index >= 15 is 0 Å². The van der Waals surface area contributed by atoms with Crippen molar-refractivity contribution in [3.63, 3.8) is 0 Å². The molecule has 2 N–H and O–H groups in total. The van der Waals surface area contributed by atoms with Gasteiger partial charge in [-0.1, -0.05) is 44.2 Å². The highest BCUT2D eigenvalue weighted by molar-refractivity contribution is 5.92. The number of carbonyl (C=O) groups excluding carboxylic acids is 1. The summed E-state index contributed by atoms with van der Waals surface area (Å²) < 4.78 is 0. The molecule has 1 aromatic carbocycles. The van der Waals surface area contributed by atoms with E-state index in [-0.39, 0.29) is 17.5 Å². The molecule has 2 aromatic rings. The van der Waals surface area contributed by atoms with Crippen molar-refractivity contribution in [3.8, 4) is 11.3 Å². The maximum absolute atomic E-state index is 11.6. The van der Waals surface area contributed by atoms with E-state index in [1.54, 1.807) is 19.9 Å². The fourth-order valence-corrected chi connectivity index (χ4v) is 1.53. The van der Waals surface area contributed by atoms with Crippen LogP contribution in [-0.2, 0) is 4.79 Å². The zero-order chi connectivity index (χ0) is 13.8. The molecule has 1 aromatic heterocycles. The van der Waals surface area contributed by atoms with Crippen LogP contribution < -0.4 is 10.9 Å². The van der Waals surface area contributed by atoms with E-state index < -0.39 is 5.56 Å². The number of hydrogen-bond donors (Lipinski definition) is 2. The predicted octanol–water partition coefficient (Wildman–Crippen LogP) is 2.03. The largest absolute Gasteiger partial charge is 0.321 e. The average Bonchev–Trinajstić information content (AvgIpc) is 2.42. The first-order chi connectivity index (χ1) is 9.08. The summed E-state index contributed by atoms with van der Waals surface area (Å²) in [5.74, 6) is -0.386. The zero-order valence-electron chi connectivity index (χ0n) is 10.8. The lowest BCUT2D eigenvalue weighted by Gasteiger charge is -2.07. The van der Waals surface area contributed by atoms with Gasteiger partial charge in [0.15, 0.2) is 0 Å². The van der Waals surface area contributed by atoms with Crippen LogP contribution in [0.5, 0.6) is 0 Å². The number of amides is 1. The maximum atomic E-state index is 11.6. The molecule has 0 saturated heterocycles. The van der Waals surface area contributed by atoms with Gasteiger partial charge < -0.3 is 5.32 Å². The standard InChI is InChI=1S/C14H15N3O2/c1-9(2)13(18)15-12-8-11(16-17-14(12)19)10-6-4-3-5-7-10/h3-9H,1-2H3,(H,17,19)(H,15,16,18). The summed E-state index contributed by atoms with van der Waals surface area (Å²) in [6, 6.07) is 11.0. The van der Waals surface area contributed by atoms with Crippen molar-refractivity contribution in [2.75, 3.05) is 5.32 Å². The number of aromatic nitrogens is 2. The Balaban J connectivity index is 2.35. The number of benzene rings is 1. The number of hydrogen-bond acceptors (Lipinski definition) is 3. The third-order valence-corrected chi connectivity index (χ3v) is 2.66. The Hall–Kier alpha value is -2.43. The second-order valence-electron chi connectivity index (χ2n) is 4.51. The van der Waals surface area contributed by atoms with Crippen molar-refractivity contribution in [1.29, 1.82) is 0 Å². The van der Waals surface area contributed by atoms with Crippen molar-refractivity contribution in [2.45, 2.75) is 13.8 Å². The molecule has 1 amide bonds. The number of H-pyrrole nitrogens is 1. The minimum Gasteiger partial charge on any atom is -0.321 e. The fraction of sp³-hybridized carbons (Fsp3) is 0.214. The third-order valence-electron chi connectivity index (χ3n) is 2.66. The zero-order valence-corrected chi connectivity index (χ0v) is 10.8. The van der Waals surface area contributed by atoms with Gasteiger partial charge in [-0.05, 0) is 6.07 Å². The van der Waals surface area contributed by atoms with Gasteiger partial charge in [0.2, 0.25) is 5.91 Å². The monoisotopic (exact) mass is 257 g/mol. The molecule has 0 unspecified atom stereocenters. The van der Waals surface area contributed by atoms with Crippen LogP contribution in [0.25, 0.3) is 11.3 Å². The second kappa shape index (κ2) is 5.48. The highest BCUT2D eigenvalue weighted by Crippen LogP contribution is 2.17. The molecule has 1 heterocycles. The smallest absolute Gasteiger partial charge is 0.287 e. The molecule has 0 aliphatic carbocycles. The summed E-state index contributed by atoms with van der Waals surface area (Å²) in [5.41, 5.74) is 1.29. The third kappa shape index (κ3) is 3.07. The Morgan fingerprint density at radius 2 is 1.95 bits per heavy atom. The van der Waals surface area contributed by atoms with Crippen LogP contribution in [0.2, 0.25) is 0 Å². The summed E-state index contributed by atoms with van der Waals surface area (Å²) in [6.45, 7) is 3.53. The van der Waals surface area contributed by atoms with Gasteiger partial charge in [-0.15, -0.1) is 0 Å². The second-order valence-corrected chi connectivity index (χ2v) is 4.51. The van der Waals surface area contributed by atoms with E-state index in [1.807, 2.05) is 30.3 Å². The van der Waals surface area contributed by atoms with Crippen LogP contribution in [-0.4, -0.2) is 16.1 Å². The highest BCUT2D eigenvalue weighted by atomic mass is 16.2. The summed E-state index contributed by atoms with van der Waals surface area (Å²) in [7, 11) is 0. The lowest BCUT2D eigenvalue weighted by atomic mass is 10.1. The molecule has 0 fully saturated rings. The fourth-order valence-electron chi connectivity index (χ4n) is 1.53. The van der Waals surface area contributed by atoms with Gasteiger partial charge in [0.1, 0.15) is 5.69 Å². The molecule has 0 saturated carbocycles. The van der Waals surface area contributed by atoms with Crippen molar-refractivity contribution in [1.82, 2.24) is 10.2 Å². The molecule has 0 spiro atoms. The number of nitrogens with one attached hydrogen (secondary N) is 2. The molecule has 0 aliphatic rings. The highest BCUT2D eigenvalue weighted by Gasteiger charge is 2.11. The van der Waals surface area contributed by atoms with E-state index in [4.69, 9.17) is 0 Å². The molecule has 0 atom stereocenters. The SMILES string of the molecule is CC(C)C(=O)Nc1cc(-c2ccccc2)n[nH]c1=O. The molecule has 0 radical (unpaired) electrons. The molecule has 2 rings (SSSR count). The van der Waals surface area contributed by atoms with Gasteiger partial charge in [-0.25, -0.2) is 5.10 Å². The van der Waals surface area contributed by atoms with E-state index in [1.165, 1.54) is 0 Å². The Labute approximate surface area is 110 Å². The van der Waals surface area contributed by atoms with Crippen molar-refractivity contribution >= 4 is 11.6 Å². The Kier molecular flexibility index (Phi) is 3.75. The van der Waals surface area contributed by atoms with Crippen LogP contribution in [0, 0.1) is 5.92 Å². The van der Waals surface area contributed by atoms with Gasteiger partial charge in [0, 0.05) is 11.5 Å². The Bertz CT molecular complexity index is 633. The van der Waals surface area contributed by atoms with Crippen LogP contribution in [0.3, 0.4) is 0 Å². The molecule has 0 aliphatic heterocycles. The number of carbonyl (C=O) groups is 1. The lowest BCUT2D eigenvalue weighted by molar-refractivity contribution is -0.118. The Morgan fingerprint density at radius 1 is 1.26 bits per heavy atom. The minimum absolute atomic E-state index is 0.187. The molecular formula is C14H15N3O2. The van der Waals surface area contributed by atoms with Gasteiger partial charge in [0.25, 0.3) is 5.56 Å². The van der Waals surface area contributed by atoms with Crippen molar-refractivity contribution in [2.24, 2.45) is 5.92 Å². The first kappa shape index (κ1) is 13.0. The van der Waals surface area contributed by atoms with E-state index in [2.05, 4.69) is 15.5 Å². The maximum Gasteiger partial charge on any atom is 0.287 e. The van der Waals surface area contributed by atoms with Crippen LogP contribution in [0.4, 0.5) is 5.69 Å². The Morgan fingerprint density at radius 3 is 2.58 bits per heavy atom. The average molecular weight is 257 g/mol. The molecule has 5 nitrogen and oxygen atoms in total. The van der Waals surface area contributed by atoms with Crippen LogP contribution in [0.1, 0.15) is 13.8 Å². The van der Waals surface area contributed by atoms with E-state index in [0.29, 0.717) is 5.69 Å². The van der Waals surface area contributed by atoms with Gasteiger partial charge >= 0.3 is 0 Å². The number of anilines is 1. The van der Waals surface area contributed by atoms with E-state index in [0.717, 1.165) is 5.56 Å². The summed E-state index contributed by atoms with van der Waals surface area (Å²) in [5, 5.41) is 8.96. The number of aromatic amines is 1. The van der Waals surface area contributed by atoms with Gasteiger partial charge in [-0.2, -0.15) is 5.10 Å². The predicted molar refractivity (Wildman–Crippen MR) is 73.8 cm³/mol. The quantitative estimate of drug-likeness (QED) is 0.883. The molecule has 0 bridgehead atoms. The topological polar surface area (TPSA) is 74.8 Å². The van der Waals surface area contributed by atoms with Crippen molar-refractivity contribution < 1.29 is 4.79 Å². The van der Waals surface area contributed by atoms with Crippen LogP contribution >= 0.6 is 0 Å². The minimum atomic E-state index is -0.409. The number of rotatable bonds is 3. The number of nitrogens with zero attached hydrogens (tertiary/aromatic N) is 1. The summed E-state index contributed by atoms with van der Waals surface area (Å²) in [6.07, 6.45) is 0. The van der Waals surface area contributed by atoms with Gasteiger partial charge in [-0.3, -0.25) is 9.59 Å². The molecule has 98 valence electrons. The normalized spacial score (nSPS) is 10.5. The molecule has 19 heavy (non-hydrogen) atoms. The molecular weight excluding hydrogens is 242 g/mol. The van der Waals surface area contributed by atoms with Crippen molar-refractivity contribution in [3.05, 3.63) is 46.8 Å². The van der Waals surface area contributed by atoms with Crippen LogP contribution in [0.15, 0.2) is 41.2 Å². The molecule has 5 heteroatoms. The summed E-state index contributed by atoms with van der Waals surface area (Å²) >= 11 is 0. The lowest BCUT2D eigenvalue weighted by Crippen LogP contribution is -2.24. The summed E-state index contributed by atoms with van der Waals surface area (Å²) in [4.78, 5) is 23.3. The first-order valence-corrected chi connectivity index (χ1v) is 6.04. The van der Waals surface area contributed by atoms with Gasteiger partial charge in [0.05, 0.1) is 5.69 Å².